The molecule has 26 heavy (non-hydrogen) atoms. The van der Waals surface area contributed by atoms with Crippen LogP contribution >= 0.6 is 0 Å². The van der Waals surface area contributed by atoms with E-state index in [4.69, 9.17) is 4.74 Å². The van der Waals surface area contributed by atoms with Crippen molar-refractivity contribution < 1.29 is 14.0 Å². The molecular weight excluding hydrogens is 322 g/mol. The van der Waals surface area contributed by atoms with Gasteiger partial charge in [0.2, 0.25) is 0 Å². The number of rotatable bonds is 2. The first-order chi connectivity index (χ1) is 12.2. The minimum Gasteiger partial charge on any atom is -0.462 e. The minimum atomic E-state index is -0.0249. The second-order valence-corrected chi connectivity index (χ2v) is 10.2. The van der Waals surface area contributed by atoms with Crippen molar-refractivity contribution in [2.24, 2.45) is 17.8 Å². The van der Waals surface area contributed by atoms with Crippen molar-refractivity contribution in [3.8, 4) is 0 Å². The highest BCUT2D eigenvalue weighted by molar-refractivity contribution is 5.79. The number of fused-ring (bicyclic) bond motifs is 2. The Kier molecular flexibility index (Phi) is 4.38. The molecule has 2 aliphatic heterocycles. The van der Waals surface area contributed by atoms with Gasteiger partial charge in [0.1, 0.15) is 6.10 Å². The molecule has 1 unspecified atom stereocenters. The van der Waals surface area contributed by atoms with Crippen LogP contribution in [-0.2, 0) is 9.53 Å². The van der Waals surface area contributed by atoms with Crippen molar-refractivity contribution in [3.05, 3.63) is 23.3 Å². The number of likely N-dealkylation sites (tertiary alicyclic amines) is 1. The molecule has 4 rings (SSSR count). The first-order valence-electron chi connectivity index (χ1n) is 10.7. The Morgan fingerprint density at radius 3 is 2.73 bits per heavy atom. The third-order valence-electron chi connectivity index (χ3n) is 8.49. The highest BCUT2D eigenvalue weighted by atomic mass is 16.6. The van der Waals surface area contributed by atoms with Crippen molar-refractivity contribution in [2.45, 2.75) is 83.4 Å². The van der Waals surface area contributed by atoms with Gasteiger partial charge in [0, 0.05) is 31.1 Å². The monoisotopic (exact) mass is 358 g/mol. The molecule has 0 N–H and O–H groups in total. The quantitative estimate of drug-likeness (QED) is 0.409. The lowest BCUT2D eigenvalue weighted by molar-refractivity contribution is -0.946. The fraction of sp³-hybridized carbons (Fsp3) is 0.783. The molecule has 2 saturated heterocycles. The lowest BCUT2D eigenvalue weighted by Crippen LogP contribution is -2.55. The molecule has 144 valence electrons. The largest absolute Gasteiger partial charge is 0.462 e. The average Bonchev–Trinajstić information content (AvgIpc) is 2.98. The zero-order chi connectivity index (χ0) is 18.7. The summed E-state index contributed by atoms with van der Waals surface area (Å²) in [4.78, 5) is 12.4. The van der Waals surface area contributed by atoms with Crippen LogP contribution in [0.1, 0.15) is 65.7 Å². The lowest BCUT2D eigenvalue weighted by Gasteiger charge is -2.43. The van der Waals surface area contributed by atoms with E-state index >= 15 is 0 Å². The van der Waals surface area contributed by atoms with Crippen LogP contribution in [-0.4, -0.2) is 42.2 Å². The molecule has 0 aromatic carbocycles. The first kappa shape index (κ1) is 18.3. The van der Waals surface area contributed by atoms with E-state index in [1.807, 2.05) is 0 Å². The molecule has 0 bridgehead atoms. The summed E-state index contributed by atoms with van der Waals surface area (Å²) in [7, 11) is 4.80. The number of hydrogen-bond donors (Lipinski definition) is 0. The molecule has 0 amide bonds. The summed E-state index contributed by atoms with van der Waals surface area (Å²) >= 11 is 0. The van der Waals surface area contributed by atoms with Gasteiger partial charge in [0.15, 0.2) is 0 Å². The number of carbonyl (C=O) groups excluding carboxylic acids is 1. The van der Waals surface area contributed by atoms with Crippen molar-refractivity contribution in [2.75, 3.05) is 14.1 Å². The molecule has 3 fully saturated rings. The molecule has 0 aromatic heterocycles. The Labute approximate surface area is 159 Å². The fourth-order valence-electron chi connectivity index (χ4n) is 6.06. The summed E-state index contributed by atoms with van der Waals surface area (Å²) in [6.45, 7) is 6.91. The Morgan fingerprint density at radius 1 is 1.27 bits per heavy atom. The summed E-state index contributed by atoms with van der Waals surface area (Å²) in [5.74, 6) is 0.831. The smallest absolute Gasteiger partial charge is 0.313 e. The van der Waals surface area contributed by atoms with Gasteiger partial charge in [0.25, 0.3) is 0 Å². The summed E-state index contributed by atoms with van der Waals surface area (Å²) in [5.41, 5.74) is 3.42. The third kappa shape index (κ3) is 2.69. The molecule has 5 atom stereocenters. The van der Waals surface area contributed by atoms with E-state index in [1.54, 1.807) is 0 Å². The second-order valence-electron chi connectivity index (χ2n) is 10.2. The van der Waals surface area contributed by atoms with Crippen LogP contribution in [0.25, 0.3) is 0 Å². The molecular formula is C23H36NO2+. The van der Waals surface area contributed by atoms with Gasteiger partial charge in [-0.1, -0.05) is 29.7 Å². The second kappa shape index (κ2) is 6.22. The maximum Gasteiger partial charge on any atom is 0.313 e. The number of nitrogens with zero attached hydrogens (tertiary/aromatic N) is 1. The highest BCUT2D eigenvalue weighted by Crippen LogP contribution is 2.50. The van der Waals surface area contributed by atoms with Crippen LogP contribution in [0.3, 0.4) is 0 Å². The van der Waals surface area contributed by atoms with E-state index in [2.05, 4.69) is 47.0 Å². The number of allylic oxidation sites excluding steroid dienone is 1. The summed E-state index contributed by atoms with van der Waals surface area (Å²) in [6.07, 6.45) is 13.6. The number of cyclic esters (lactones) is 1. The number of carbonyl (C=O) groups is 1. The Bertz CT molecular complexity index is 657. The van der Waals surface area contributed by atoms with Crippen LogP contribution in [0.2, 0.25) is 0 Å². The lowest BCUT2D eigenvalue weighted by atomic mass is 9.65. The molecule has 1 saturated carbocycles. The minimum absolute atomic E-state index is 0.00281. The zero-order valence-corrected chi connectivity index (χ0v) is 17.3. The Morgan fingerprint density at radius 2 is 2.04 bits per heavy atom. The fourth-order valence-corrected chi connectivity index (χ4v) is 6.06. The molecule has 0 spiro atoms. The van der Waals surface area contributed by atoms with Gasteiger partial charge >= 0.3 is 5.97 Å². The number of quaternary nitrogens is 1. The average molecular weight is 359 g/mol. The van der Waals surface area contributed by atoms with Gasteiger partial charge in [0.05, 0.1) is 31.6 Å². The van der Waals surface area contributed by atoms with Crippen LogP contribution in [0.15, 0.2) is 23.3 Å². The van der Waals surface area contributed by atoms with Gasteiger partial charge in [-0.05, 0) is 40.0 Å². The molecule has 2 heterocycles. The van der Waals surface area contributed by atoms with Gasteiger partial charge < -0.3 is 9.22 Å². The van der Waals surface area contributed by atoms with Crippen LogP contribution in [0.5, 0.6) is 0 Å². The Balaban J connectivity index is 1.64. The number of esters is 1. The summed E-state index contributed by atoms with van der Waals surface area (Å²) in [6, 6.07) is 0.683. The molecule has 2 aliphatic carbocycles. The molecule has 3 nitrogen and oxygen atoms in total. The normalized spacial score (nSPS) is 42.2. The van der Waals surface area contributed by atoms with E-state index < -0.39 is 0 Å². The van der Waals surface area contributed by atoms with Crippen molar-refractivity contribution >= 4 is 5.97 Å². The van der Waals surface area contributed by atoms with E-state index in [0.717, 1.165) is 10.9 Å². The van der Waals surface area contributed by atoms with E-state index in [9.17, 15) is 4.79 Å². The predicted molar refractivity (Wildman–Crippen MR) is 104 cm³/mol. The SMILES string of the molecule is C[C@@H]1OC(=O)[C@H]2C=C3CCCC[C@@H]3/C(=C/CC3CCC(C)(C)[N+]3(C)C)[C@@H]12. The van der Waals surface area contributed by atoms with Crippen LogP contribution < -0.4 is 0 Å². The predicted octanol–water partition coefficient (Wildman–Crippen LogP) is 4.63. The highest BCUT2D eigenvalue weighted by Gasteiger charge is 2.50. The maximum atomic E-state index is 12.4. The van der Waals surface area contributed by atoms with Gasteiger partial charge in [-0.2, -0.15) is 0 Å². The third-order valence-corrected chi connectivity index (χ3v) is 8.49. The Hall–Kier alpha value is -1.09. The van der Waals surface area contributed by atoms with E-state index in [1.165, 1.54) is 49.7 Å². The molecule has 0 radical (unpaired) electrons. The first-order valence-corrected chi connectivity index (χ1v) is 10.7. The standard InChI is InChI=1S/C23H36NO2/c1-15-21-19(11-10-17-12-13-23(2,3)24(17,4)5)18-9-7-6-8-16(18)14-20(21)22(25)26-15/h11,14-15,17-18,20-21H,6-10,12-13H2,1-5H3/q+1/b19-11-/t15-,17?,18-,20-,21+/m0/s1. The van der Waals surface area contributed by atoms with Crippen LogP contribution in [0.4, 0.5) is 0 Å². The zero-order valence-electron chi connectivity index (χ0n) is 17.3. The molecule has 3 heteroatoms. The molecule has 0 aromatic rings. The van der Waals surface area contributed by atoms with Crippen LogP contribution in [0, 0.1) is 17.8 Å². The van der Waals surface area contributed by atoms with Crippen molar-refractivity contribution in [1.82, 2.24) is 0 Å². The van der Waals surface area contributed by atoms with Crippen molar-refractivity contribution in [3.63, 3.8) is 0 Å². The van der Waals surface area contributed by atoms with Gasteiger partial charge in [-0.25, -0.2) is 0 Å². The summed E-state index contributed by atoms with van der Waals surface area (Å²) in [5, 5.41) is 0. The van der Waals surface area contributed by atoms with Crippen molar-refractivity contribution in [1.29, 1.82) is 0 Å². The van der Waals surface area contributed by atoms with Gasteiger partial charge in [-0.3, -0.25) is 4.79 Å². The topological polar surface area (TPSA) is 26.3 Å². The number of hydrogen-bond acceptors (Lipinski definition) is 2. The summed E-state index contributed by atoms with van der Waals surface area (Å²) < 4.78 is 6.76. The van der Waals surface area contributed by atoms with E-state index in [-0.39, 0.29) is 23.9 Å². The van der Waals surface area contributed by atoms with E-state index in [0.29, 0.717) is 17.5 Å². The number of ether oxygens (including phenoxy) is 1. The van der Waals surface area contributed by atoms with Gasteiger partial charge in [-0.15, -0.1) is 0 Å². The molecule has 4 aliphatic rings. The maximum absolute atomic E-state index is 12.4.